The number of nitrogens with zero attached hydrogens (tertiary/aromatic N) is 1. The Morgan fingerprint density at radius 2 is 1.75 bits per heavy atom. The molecule has 3 aromatic rings. The maximum absolute atomic E-state index is 12.2. The van der Waals surface area contributed by atoms with Crippen molar-refractivity contribution in [3.63, 3.8) is 0 Å². The highest BCUT2D eigenvalue weighted by Crippen LogP contribution is 2.22. The molecule has 2 aromatic carbocycles. The van der Waals surface area contributed by atoms with E-state index in [0.29, 0.717) is 10.8 Å². The molecule has 0 saturated heterocycles. The SMILES string of the molecule is Cc1ccc(S(=O)(=O)NCCNC(=O)c2cc(-c3ccc(Cl)cc3)on2)cc1. The van der Waals surface area contributed by atoms with Crippen LogP contribution in [-0.4, -0.2) is 32.6 Å². The van der Waals surface area contributed by atoms with Crippen molar-refractivity contribution in [2.45, 2.75) is 11.8 Å². The summed E-state index contributed by atoms with van der Waals surface area (Å²) in [5, 5.41) is 6.93. The van der Waals surface area contributed by atoms with Gasteiger partial charge in [-0.2, -0.15) is 0 Å². The quantitative estimate of drug-likeness (QED) is 0.573. The Labute approximate surface area is 167 Å². The zero-order valence-corrected chi connectivity index (χ0v) is 16.5. The smallest absolute Gasteiger partial charge is 0.273 e. The molecule has 0 aliphatic carbocycles. The molecule has 2 N–H and O–H groups in total. The molecule has 3 rings (SSSR count). The molecular formula is C19H18ClN3O4S. The summed E-state index contributed by atoms with van der Waals surface area (Å²) in [6.07, 6.45) is 0. The molecule has 9 heteroatoms. The number of amides is 1. The van der Waals surface area contributed by atoms with Crippen molar-refractivity contribution < 1.29 is 17.7 Å². The number of nitrogens with one attached hydrogen (secondary N) is 2. The predicted molar refractivity (Wildman–Crippen MR) is 106 cm³/mol. The number of carbonyl (C=O) groups is 1. The molecule has 1 heterocycles. The Hall–Kier alpha value is -2.68. The lowest BCUT2D eigenvalue weighted by atomic mass is 10.1. The molecule has 1 aromatic heterocycles. The monoisotopic (exact) mass is 419 g/mol. The van der Waals surface area contributed by atoms with Crippen LogP contribution in [0.3, 0.4) is 0 Å². The van der Waals surface area contributed by atoms with Gasteiger partial charge in [0.2, 0.25) is 10.0 Å². The standard InChI is InChI=1S/C19H18ClN3O4S/c1-13-2-8-16(9-3-13)28(25,26)22-11-10-21-19(24)17-12-18(27-23-17)14-4-6-15(20)7-5-14/h2-9,12,22H,10-11H2,1H3,(H,21,24). The van der Waals surface area contributed by atoms with E-state index in [1.165, 1.54) is 18.2 Å². The maximum Gasteiger partial charge on any atom is 0.273 e. The minimum Gasteiger partial charge on any atom is -0.355 e. The van der Waals surface area contributed by atoms with E-state index in [4.69, 9.17) is 16.1 Å². The van der Waals surface area contributed by atoms with Gasteiger partial charge >= 0.3 is 0 Å². The molecule has 0 spiro atoms. The molecule has 0 aliphatic heterocycles. The zero-order valence-electron chi connectivity index (χ0n) is 15.0. The van der Waals surface area contributed by atoms with E-state index >= 15 is 0 Å². The summed E-state index contributed by atoms with van der Waals surface area (Å²) in [7, 11) is -3.62. The molecule has 0 bridgehead atoms. The van der Waals surface area contributed by atoms with Crippen molar-refractivity contribution in [1.82, 2.24) is 15.2 Å². The lowest BCUT2D eigenvalue weighted by Crippen LogP contribution is -2.34. The van der Waals surface area contributed by atoms with Crippen molar-refractivity contribution >= 4 is 27.5 Å². The number of benzene rings is 2. The number of aryl methyl sites for hydroxylation is 1. The summed E-state index contributed by atoms with van der Waals surface area (Å²) < 4.78 is 32.0. The van der Waals surface area contributed by atoms with Gasteiger partial charge in [0.05, 0.1) is 4.90 Å². The van der Waals surface area contributed by atoms with Crippen molar-refractivity contribution in [2.24, 2.45) is 0 Å². The summed E-state index contributed by atoms with van der Waals surface area (Å²) in [6, 6.07) is 14.9. The Morgan fingerprint density at radius 3 is 2.43 bits per heavy atom. The first-order valence-electron chi connectivity index (χ1n) is 8.42. The highest BCUT2D eigenvalue weighted by molar-refractivity contribution is 7.89. The number of carbonyl (C=O) groups excluding carboxylic acids is 1. The van der Waals surface area contributed by atoms with Gasteiger partial charge in [0.25, 0.3) is 5.91 Å². The first-order chi connectivity index (χ1) is 13.3. The van der Waals surface area contributed by atoms with Gasteiger partial charge < -0.3 is 9.84 Å². The number of halogens is 1. The predicted octanol–water partition coefficient (Wildman–Crippen LogP) is 3.01. The Morgan fingerprint density at radius 1 is 1.07 bits per heavy atom. The third kappa shape index (κ3) is 4.98. The summed E-state index contributed by atoms with van der Waals surface area (Å²) in [4.78, 5) is 12.3. The average molecular weight is 420 g/mol. The van der Waals surface area contributed by atoms with Gasteiger partial charge in [-0.25, -0.2) is 13.1 Å². The molecule has 0 aliphatic rings. The van der Waals surface area contributed by atoms with Gasteiger partial charge in [0.1, 0.15) is 0 Å². The lowest BCUT2D eigenvalue weighted by Gasteiger charge is -2.07. The van der Waals surface area contributed by atoms with Crippen LogP contribution in [0.1, 0.15) is 16.1 Å². The molecule has 0 fully saturated rings. The Kier molecular flexibility index (Phi) is 6.13. The third-order valence-electron chi connectivity index (χ3n) is 3.91. The van der Waals surface area contributed by atoms with Crippen molar-refractivity contribution in [3.8, 4) is 11.3 Å². The molecule has 0 atom stereocenters. The lowest BCUT2D eigenvalue weighted by molar-refractivity contribution is 0.0945. The third-order valence-corrected chi connectivity index (χ3v) is 5.63. The highest BCUT2D eigenvalue weighted by atomic mass is 35.5. The largest absolute Gasteiger partial charge is 0.355 e. The fourth-order valence-corrected chi connectivity index (χ4v) is 3.54. The fourth-order valence-electron chi connectivity index (χ4n) is 2.39. The number of sulfonamides is 1. The highest BCUT2D eigenvalue weighted by Gasteiger charge is 2.15. The first-order valence-corrected chi connectivity index (χ1v) is 10.3. The van der Waals surface area contributed by atoms with Gasteiger partial charge in [-0.1, -0.05) is 34.5 Å². The minimum absolute atomic E-state index is 0.0455. The number of hydrogen-bond acceptors (Lipinski definition) is 5. The zero-order chi connectivity index (χ0) is 20.1. The van der Waals surface area contributed by atoms with Crippen LogP contribution in [0.15, 0.2) is 64.0 Å². The van der Waals surface area contributed by atoms with E-state index in [2.05, 4.69) is 15.2 Å². The molecular weight excluding hydrogens is 402 g/mol. The maximum atomic E-state index is 12.2. The Bertz CT molecular complexity index is 1060. The minimum atomic E-state index is -3.62. The van der Waals surface area contributed by atoms with Crippen molar-refractivity contribution in [2.75, 3.05) is 13.1 Å². The second-order valence-electron chi connectivity index (χ2n) is 6.05. The molecule has 0 saturated carbocycles. The fraction of sp³-hybridized carbons (Fsp3) is 0.158. The van der Waals surface area contributed by atoms with Crippen LogP contribution < -0.4 is 10.0 Å². The van der Waals surface area contributed by atoms with Crippen molar-refractivity contribution in [3.05, 3.63) is 70.9 Å². The van der Waals surface area contributed by atoms with E-state index in [1.807, 2.05) is 6.92 Å². The van der Waals surface area contributed by atoms with Gasteiger partial charge in [-0.05, 0) is 43.3 Å². The van der Waals surface area contributed by atoms with E-state index in [0.717, 1.165) is 11.1 Å². The normalized spacial score (nSPS) is 11.4. The number of hydrogen-bond donors (Lipinski definition) is 2. The van der Waals surface area contributed by atoms with Gasteiger partial charge in [-0.3, -0.25) is 4.79 Å². The van der Waals surface area contributed by atoms with E-state index < -0.39 is 15.9 Å². The van der Waals surface area contributed by atoms with Crippen LogP contribution in [0.5, 0.6) is 0 Å². The van der Waals surface area contributed by atoms with Crippen LogP contribution in [0.4, 0.5) is 0 Å². The van der Waals surface area contributed by atoms with Crippen LogP contribution in [0.25, 0.3) is 11.3 Å². The van der Waals surface area contributed by atoms with Gasteiger partial charge in [0, 0.05) is 29.7 Å². The molecule has 1 amide bonds. The number of rotatable bonds is 7. The van der Waals surface area contributed by atoms with E-state index in [9.17, 15) is 13.2 Å². The van der Waals surface area contributed by atoms with Crippen LogP contribution in [0, 0.1) is 6.92 Å². The summed E-state index contributed by atoms with van der Waals surface area (Å²) in [5.74, 6) is -0.0274. The second kappa shape index (κ2) is 8.55. The van der Waals surface area contributed by atoms with Gasteiger partial charge in [0.15, 0.2) is 11.5 Å². The van der Waals surface area contributed by atoms with E-state index in [-0.39, 0.29) is 23.7 Å². The van der Waals surface area contributed by atoms with Crippen LogP contribution in [0.2, 0.25) is 5.02 Å². The molecule has 7 nitrogen and oxygen atoms in total. The summed E-state index contributed by atoms with van der Waals surface area (Å²) in [5.41, 5.74) is 1.81. The topological polar surface area (TPSA) is 101 Å². The first kappa shape index (κ1) is 20.1. The number of aromatic nitrogens is 1. The van der Waals surface area contributed by atoms with Crippen LogP contribution in [-0.2, 0) is 10.0 Å². The molecule has 0 radical (unpaired) electrons. The van der Waals surface area contributed by atoms with Crippen LogP contribution >= 0.6 is 11.6 Å². The molecule has 0 unspecified atom stereocenters. The summed E-state index contributed by atoms with van der Waals surface area (Å²) in [6.45, 7) is 2.03. The van der Waals surface area contributed by atoms with Crippen molar-refractivity contribution in [1.29, 1.82) is 0 Å². The molecule has 28 heavy (non-hydrogen) atoms. The molecule has 146 valence electrons. The average Bonchev–Trinajstić information content (AvgIpc) is 3.16. The second-order valence-corrected chi connectivity index (χ2v) is 8.25. The van der Waals surface area contributed by atoms with E-state index in [1.54, 1.807) is 36.4 Å². The van der Waals surface area contributed by atoms with Gasteiger partial charge in [-0.15, -0.1) is 0 Å². The summed E-state index contributed by atoms with van der Waals surface area (Å²) >= 11 is 5.84. The Balaban J connectivity index is 1.52.